The molecule has 0 unspecified atom stereocenters. The molecule has 1 N–H and O–H groups in total. The van der Waals surface area contributed by atoms with Gasteiger partial charge in [0.15, 0.2) is 0 Å². The van der Waals surface area contributed by atoms with E-state index < -0.39 is 0 Å². The largest absolute Gasteiger partial charge is 0.507 e. The zero-order chi connectivity index (χ0) is 12.0. The highest BCUT2D eigenvalue weighted by Crippen LogP contribution is 2.24. The van der Waals surface area contributed by atoms with Gasteiger partial charge >= 0.3 is 5.97 Å². The average Bonchev–Trinajstić information content (AvgIpc) is 2.30. The number of esters is 1. The first-order valence-corrected chi connectivity index (χ1v) is 4.77. The van der Waals surface area contributed by atoms with Gasteiger partial charge in [0.25, 0.3) is 0 Å². The third-order valence-electron chi connectivity index (χ3n) is 2.05. The summed E-state index contributed by atoms with van der Waals surface area (Å²) in [4.78, 5) is 10.8. The van der Waals surface area contributed by atoms with Gasteiger partial charge in [-0.3, -0.25) is 4.79 Å². The van der Waals surface area contributed by atoms with Crippen molar-refractivity contribution in [3.63, 3.8) is 0 Å². The molecule has 1 rings (SSSR count). The Morgan fingerprint density at radius 3 is 2.75 bits per heavy atom. The van der Waals surface area contributed by atoms with Crippen molar-refractivity contribution < 1.29 is 19.4 Å². The third-order valence-corrected chi connectivity index (χ3v) is 2.05. The Balaban J connectivity index is 2.70. The van der Waals surface area contributed by atoms with Crippen LogP contribution in [0.5, 0.6) is 11.5 Å². The monoisotopic (exact) mass is 222 g/mol. The van der Waals surface area contributed by atoms with E-state index in [0.29, 0.717) is 11.3 Å². The van der Waals surface area contributed by atoms with Crippen LogP contribution in [0, 0.1) is 0 Å². The maximum atomic E-state index is 10.8. The predicted octanol–water partition coefficient (Wildman–Crippen LogP) is 1.98. The lowest BCUT2D eigenvalue weighted by molar-refractivity contribution is -0.139. The second kappa shape index (κ2) is 5.80. The first-order chi connectivity index (χ1) is 7.67. The molecule has 16 heavy (non-hydrogen) atoms. The summed E-state index contributed by atoms with van der Waals surface area (Å²) in [6.45, 7) is 0. The molecule has 0 bridgehead atoms. The Labute approximate surface area is 94.1 Å². The van der Waals surface area contributed by atoms with Crippen LogP contribution in [0.4, 0.5) is 0 Å². The Bertz CT molecular complexity index is 396. The summed E-state index contributed by atoms with van der Waals surface area (Å²) in [5.74, 6) is 0.382. The van der Waals surface area contributed by atoms with E-state index in [4.69, 9.17) is 4.74 Å². The molecule has 4 nitrogen and oxygen atoms in total. The Hall–Kier alpha value is -1.97. The van der Waals surface area contributed by atoms with Gasteiger partial charge in [-0.2, -0.15) is 0 Å². The first kappa shape index (κ1) is 12.1. The van der Waals surface area contributed by atoms with Gasteiger partial charge in [0.1, 0.15) is 11.5 Å². The quantitative estimate of drug-likeness (QED) is 0.791. The third kappa shape index (κ3) is 3.31. The van der Waals surface area contributed by atoms with Gasteiger partial charge in [-0.25, -0.2) is 0 Å². The highest BCUT2D eigenvalue weighted by Gasteiger charge is 2.00. The molecule has 86 valence electrons. The molecule has 0 heterocycles. The van der Waals surface area contributed by atoms with E-state index in [9.17, 15) is 9.90 Å². The van der Waals surface area contributed by atoms with Crippen LogP contribution in [-0.2, 0) is 9.53 Å². The molecule has 0 aromatic heterocycles. The van der Waals surface area contributed by atoms with Crippen LogP contribution >= 0.6 is 0 Å². The molecule has 0 atom stereocenters. The number of carbonyl (C=O) groups excluding carboxylic acids is 1. The van der Waals surface area contributed by atoms with Crippen molar-refractivity contribution in [1.29, 1.82) is 0 Å². The Morgan fingerprint density at radius 2 is 2.19 bits per heavy atom. The fourth-order valence-corrected chi connectivity index (χ4v) is 1.16. The molecule has 0 radical (unpaired) electrons. The molecule has 0 saturated heterocycles. The number of phenolic OH excluding ortho intramolecular Hbond substituents is 1. The normalized spacial score (nSPS) is 10.4. The number of hydrogen-bond acceptors (Lipinski definition) is 4. The molecule has 0 aliphatic carbocycles. The van der Waals surface area contributed by atoms with Gasteiger partial charge in [-0.1, -0.05) is 12.2 Å². The van der Waals surface area contributed by atoms with Crippen molar-refractivity contribution in [2.45, 2.75) is 6.42 Å². The number of rotatable bonds is 4. The Kier molecular flexibility index (Phi) is 4.39. The SMILES string of the molecule is COC(=O)CC=Cc1ccc(OC)cc1O. The molecule has 0 saturated carbocycles. The van der Waals surface area contributed by atoms with Crippen molar-refractivity contribution in [1.82, 2.24) is 0 Å². The molecule has 0 spiro atoms. The number of methoxy groups -OCH3 is 2. The number of phenols is 1. The molecular weight excluding hydrogens is 208 g/mol. The smallest absolute Gasteiger partial charge is 0.309 e. The Morgan fingerprint density at radius 1 is 1.44 bits per heavy atom. The number of benzene rings is 1. The lowest BCUT2D eigenvalue weighted by Crippen LogP contribution is -1.96. The van der Waals surface area contributed by atoms with Gasteiger partial charge in [0.05, 0.1) is 20.6 Å². The fraction of sp³-hybridized carbons (Fsp3) is 0.250. The molecular formula is C12H14O4. The van der Waals surface area contributed by atoms with Gasteiger partial charge < -0.3 is 14.6 Å². The minimum atomic E-state index is -0.316. The molecule has 4 heteroatoms. The highest BCUT2D eigenvalue weighted by molar-refractivity contribution is 5.73. The summed E-state index contributed by atoms with van der Waals surface area (Å²) in [5, 5.41) is 9.60. The van der Waals surface area contributed by atoms with Gasteiger partial charge in [0, 0.05) is 11.6 Å². The standard InChI is InChI=1S/C12H14O4/c1-15-10-7-6-9(11(13)8-10)4-3-5-12(14)16-2/h3-4,6-8,13H,5H2,1-2H3. The lowest BCUT2D eigenvalue weighted by atomic mass is 10.1. The summed E-state index contributed by atoms with van der Waals surface area (Å²) in [6.07, 6.45) is 3.47. The van der Waals surface area contributed by atoms with Crippen LogP contribution < -0.4 is 4.74 Å². The number of carbonyl (C=O) groups is 1. The van der Waals surface area contributed by atoms with Gasteiger partial charge in [-0.05, 0) is 12.1 Å². The van der Waals surface area contributed by atoms with Crippen LogP contribution in [0.15, 0.2) is 24.3 Å². The minimum Gasteiger partial charge on any atom is -0.507 e. The summed E-state index contributed by atoms with van der Waals surface area (Å²) in [7, 11) is 2.86. The minimum absolute atomic E-state index is 0.112. The topological polar surface area (TPSA) is 55.8 Å². The van der Waals surface area contributed by atoms with Crippen LogP contribution in [-0.4, -0.2) is 25.3 Å². The average molecular weight is 222 g/mol. The van der Waals surface area contributed by atoms with E-state index in [0.717, 1.165) is 0 Å². The van der Waals surface area contributed by atoms with Crippen LogP contribution in [0.3, 0.4) is 0 Å². The molecule has 0 aliphatic rings. The first-order valence-electron chi connectivity index (χ1n) is 4.77. The zero-order valence-electron chi connectivity index (χ0n) is 9.27. The van der Waals surface area contributed by atoms with E-state index in [1.54, 1.807) is 24.3 Å². The van der Waals surface area contributed by atoms with Gasteiger partial charge in [0.2, 0.25) is 0 Å². The number of hydrogen-bond donors (Lipinski definition) is 1. The maximum Gasteiger partial charge on any atom is 0.309 e. The second-order valence-corrected chi connectivity index (χ2v) is 3.11. The van der Waals surface area contributed by atoms with Crippen LogP contribution in [0.25, 0.3) is 6.08 Å². The number of ether oxygens (including phenoxy) is 2. The lowest BCUT2D eigenvalue weighted by Gasteiger charge is -2.02. The van der Waals surface area contributed by atoms with E-state index in [1.807, 2.05) is 0 Å². The van der Waals surface area contributed by atoms with E-state index in [-0.39, 0.29) is 18.1 Å². The van der Waals surface area contributed by atoms with E-state index in [1.165, 1.54) is 20.3 Å². The second-order valence-electron chi connectivity index (χ2n) is 3.11. The van der Waals surface area contributed by atoms with Crippen molar-refractivity contribution in [3.8, 4) is 11.5 Å². The molecule has 1 aromatic rings. The van der Waals surface area contributed by atoms with Crippen molar-refractivity contribution >= 4 is 12.0 Å². The molecule has 0 aliphatic heterocycles. The van der Waals surface area contributed by atoms with Crippen molar-refractivity contribution in [2.24, 2.45) is 0 Å². The maximum absolute atomic E-state index is 10.8. The summed E-state index contributed by atoms with van der Waals surface area (Å²) >= 11 is 0. The molecule has 0 amide bonds. The summed E-state index contributed by atoms with van der Waals surface area (Å²) < 4.78 is 9.43. The zero-order valence-corrected chi connectivity index (χ0v) is 9.27. The van der Waals surface area contributed by atoms with E-state index >= 15 is 0 Å². The van der Waals surface area contributed by atoms with Crippen molar-refractivity contribution in [3.05, 3.63) is 29.8 Å². The molecule has 0 fully saturated rings. The van der Waals surface area contributed by atoms with Gasteiger partial charge in [-0.15, -0.1) is 0 Å². The summed E-state index contributed by atoms with van der Waals surface area (Å²) in [5.41, 5.74) is 0.629. The predicted molar refractivity (Wildman–Crippen MR) is 60.3 cm³/mol. The van der Waals surface area contributed by atoms with Crippen molar-refractivity contribution in [2.75, 3.05) is 14.2 Å². The number of aromatic hydroxyl groups is 1. The van der Waals surface area contributed by atoms with Crippen LogP contribution in [0.2, 0.25) is 0 Å². The summed E-state index contributed by atoms with van der Waals surface area (Å²) in [6, 6.07) is 4.96. The highest BCUT2D eigenvalue weighted by atomic mass is 16.5. The van der Waals surface area contributed by atoms with Crippen LogP contribution in [0.1, 0.15) is 12.0 Å². The molecule has 1 aromatic carbocycles. The van der Waals surface area contributed by atoms with E-state index in [2.05, 4.69) is 4.74 Å². The fourth-order valence-electron chi connectivity index (χ4n) is 1.16.